The number of aliphatic hydroxyl groups excluding tert-OH is 1. The number of hydrogen-bond acceptors (Lipinski definition) is 11. The second-order valence-corrected chi connectivity index (χ2v) is 17.6. The first-order valence-electron chi connectivity index (χ1n) is 19.7. The average Bonchev–Trinajstić information content (AvgIpc) is 3.75. The normalized spacial score (nSPS) is 22.1. The third-order valence-electron chi connectivity index (χ3n) is 11.8. The molecule has 3 aliphatic heterocycles. The maximum Gasteiger partial charge on any atom is 0.423 e. The Morgan fingerprint density at radius 1 is 0.966 bits per heavy atom. The fraction of sp³-hybridized carbons (Fsp3) is 0.513. The van der Waals surface area contributed by atoms with E-state index in [1.54, 1.807) is 4.68 Å². The number of likely N-dealkylation sites (tertiary alicyclic amines) is 1. The number of fused-ring (bicyclic) bond motifs is 1. The number of imide groups is 1. The summed E-state index contributed by atoms with van der Waals surface area (Å²) in [4.78, 5) is 36.0. The van der Waals surface area contributed by atoms with Crippen LogP contribution in [0.15, 0.2) is 53.6 Å². The number of aryl methyl sites for hydroxylation is 1. The van der Waals surface area contributed by atoms with Gasteiger partial charge in [-0.05, 0) is 112 Å². The first-order chi connectivity index (χ1) is 27.7. The summed E-state index contributed by atoms with van der Waals surface area (Å²) in [5, 5.41) is 20.8. The van der Waals surface area contributed by atoms with Gasteiger partial charge in [-0.25, -0.2) is 18.2 Å². The van der Waals surface area contributed by atoms with Gasteiger partial charge in [-0.1, -0.05) is 6.07 Å². The van der Waals surface area contributed by atoms with Gasteiger partial charge in [-0.15, -0.1) is 0 Å². The van der Waals surface area contributed by atoms with Crippen molar-refractivity contribution in [3.05, 3.63) is 59.8 Å². The van der Waals surface area contributed by atoms with Gasteiger partial charge in [0, 0.05) is 56.9 Å². The van der Waals surface area contributed by atoms with Gasteiger partial charge in [-0.2, -0.15) is 27.6 Å². The average molecular weight is 826 g/mol. The lowest BCUT2D eigenvalue weighted by molar-refractivity contribution is -0.140. The molecule has 2 atom stereocenters. The van der Waals surface area contributed by atoms with Crippen LogP contribution in [0, 0.1) is 5.92 Å². The summed E-state index contributed by atoms with van der Waals surface area (Å²) in [6.07, 6.45) is -0.638. The highest BCUT2D eigenvalue weighted by atomic mass is 32.2. The summed E-state index contributed by atoms with van der Waals surface area (Å²) in [7, 11) is -1.91. The van der Waals surface area contributed by atoms with Gasteiger partial charge < -0.3 is 20.1 Å². The standard InChI is InChI=1S/C39H46F3N9O6S/c1-48-31-21-26(5-10-29(31)35(47-48)51-20-15-34(53)45-38(51)54)25-13-16-49(17-14-25)23-24-11-18-50(19-12-24)58(55,56)28-8-6-27(7-9-28)44-37-43-22-30(39(40,41)42)36(46-37)57-33-4-2-3-32(33)52/h5-10,21-22,24-25,32-33,52H,2-4,11-20,23H2,1H3,(H,43,44,46)(H,45,53,54)/t32-,33+/m0/s1. The van der Waals surface area contributed by atoms with Crippen molar-refractivity contribution in [2.75, 3.05) is 49.5 Å². The maximum absolute atomic E-state index is 13.7. The molecule has 5 heterocycles. The van der Waals surface area contributed by atoms with E-state index in [0.29, 0.717) is 68.4 Å². The van der Waals surface area contributed by atoms with E-state index < -0.39 is 45.9 Å². The smallest absolute Gasteiger partial charge is 0.423 e. The summed E-state index contributed by atoms with van der Waals surface area (Å²) >= 11 is 0. The molecule has 8 rings (SSSR count). The summed E-state index contributed by atoms with van der Waals surface area (Å²) < 4.78 is 76.9. The van der Waals surface area contributed by atoms with Crippen molar-refractivity contribution < 1.29 is 41.0 Å². The van der Waals surface area contributed by atoms with Gasteiger partial charge in [0.15, 0.2) is 5.82 Å². The number of benzene rings is 2. The molecule has 1 aliphatic carbocycles. The highest BCUT2D eigenvalue weighted by molar-refractivity contribution is 7.89. The molecule has 19 heteroatoms. The van der Waals surface area contributed by atoms with E-state index in [2.05, 4.69) is 42.7 Å². The number of halogens is 3. The minimum absolute atomic E-state index is 0.111. The van der Waals surface area contributed by atoms with Crippen LogP contribution in [0.2, 0.25) is 0 Å². The SMILES string of the molecule is Cn1nc(N2CCC(=O)NC2=O)c2ccc(C3CCN(CC4CCN(S(=O)(=O)c5ccc(Nc6ncc(C(F)(F)F)c(O[C@@H]7CCC[C@@H]7O)n6)cc5)CC4)CC3)cc21. The van der Waals surface area contributed by atoms with Crippen LogP contribution in [-0.4, -0.2) is 106 Å². The quantitative estimate of drug-likeness (QED) is 0.193. The fourth-order valence-corrected chi connectivity index (χ4v) is 9.98. The molecule has 1 saturated carbocycles. The van der Waals surface area contributed by atoms with E-state index in [-0.39, 0.29) is 23.2 Å². The number of carbonyl (C=O) groups is 2. The highest BCUT2D eigenvalue weighted by Gasteiger charge is 2.39. The predicted octanol–water partition coefficient (Wildman–Crippen LogP) is 5.14. The second-order valence-electron chi connectivity index (χ2n) is 15.6. The van der Waals surface area contributed by atoms with E-state index in [1.807, 2.05) is 13.1 Å². The Balaban J connectivity index is 0.824. The summed E-state index contributed by atoms with van der Waals surface area (Å²) in [6, 6.07) is 11.8. The van der Waals surface area contributed by atoms with Gasteiger partial charge in [0.2, 0.25) is 27.8 Å². The fourth-order valence-electron chi connectivity index (χ4n) is 8.51. The molecule has 2 aromatic heterocycles. The topological polar surface area (TPSA) is 175 Å². The van der Waals surface area contributed by atoms with Crippen LogP contribution in [0.4, 0.5) is 35.4 Å². The molecule has 0 unspecified atom stereocenters. The summed E-state index contributed by atoms with van der Waals surface area (Å²) in [6.45, 7) is 3.89. The van der Waals surface area contributed by atoms with Crippen molar-refractivity contribution >= 4 is 50.3 Å². The molecule has 0 bridgehead atoms. The van der Waals surface area contributed by atoms with E-state index in [9.17, 15) is 36.3 Å². The number of nitrogens with zero attached hydrogens (tertiary/aromatic N) is 7. The van der Waals surface area contributed by atoms with Gasteiger partial charge in [0.25, 0.3) is 0 Å². The van der Waals surface area contributed by atoms with Crippen LogP contribution < -0.4 is 20.3 Å². The van der Waals surface area contributed by atoms with E-state index in [1.165, 1.54) is 39.0 Å². The molecular formula is C39H46F3N9O6S. The minimum Gasteiger partial charge on any atom is -0.471 e. The third-order valence-corrected chi connectivity index (χ3v) is 13.7. The molecule has 15 nitrogen and oxygen atoms in total. The lowest BCUT2D eigenvalue weighted by atomic mass is 9.88. The van der Waals surface area contributed by atoms with Gasteiger partial charge in [0.1, 0.15) is 11.7 Å². The molecule has 3 saturated heterocycles. The minimum atomic E-state index is -4.76. The predicted molar refractivity (Wildman–Crippen MR) is 207 cm³/mol. The number of sulfonamides is 1. The number of alkyl halides is 3. The molecule has 2 aromatic carbocycles. The molecule has 310 valence electrons. The van der Waals surface area contributed by atoms with E-state index in [4.69, 9.17) is 4.74 Å². The Morgan fingerprint density at radius 2 is 1.71 bits per heavy atom. The Labute approximate surface area is 333 Å². The first kappa shape index (κ1) is 40.0. The molecular weight excluding hydrogens is 780 g/mol. The maximum atomic E-state index is 13.7. The molecule has 3 amide bonds. The van der Waals surface area contributed by atoms with Gasteiger partial charge in [0.05, 0.1) is 16.5 Å². The number of anilines is 3. The Hall–Kier alpha value is -4.85. The van der Waals surface area contributed by atoms with Crippen LogP contribution in [0.25, 0.3) is 10.9 Å². The van der Waals surface area contributed by atoms with Crippen molar-refractivity contribution in [3.8, 4) is 5.88 Å². The molecule has 58 heavy (non-hydrogen) atoms. The zero-order chi connectivity index (χ0) is 40.8. The largest absolute Gasteiger partial charge is 0.471 e. The number of amides is 3. The molecule has 4 aromatic rings. The summed E-state index contributed by atoms with van der Waals surface area (Å²) in [5.41, 5.74) is 1.40. The van der Waals surface area contributed by atoms with Crippen LogP contribution in [0.1, 0.15) is 68.4 Å². The lowest BCUT2D eigenvalue weighted by Crippen LogP contribution is -2.49. The molecule has 4 fully saturated rings. The number of rotatable bonds is 10. The Bertz CT molecular complexity index is 2270. The van der Waals surface area contributed by atoms with Gasteiger partial charge >= 0.3 is 12.2 Å². The van der Waals surface area contributed by atoms with Crippen LogP contribution in [-0.2, 0) is 28.0 Å². The highest BCUT2D eigenvalue weighted by Crippen LogP contribution is 2.38. The molecule has 0 spiro atoms. The number of piperidine rings is 2. The molecule has 4 aliphatic rings. The lowest BCUT2D eigenvalue weighted by Gasteiger charge is -2.37. The Morgan fingerprint density at radius 3 is 2.38 bits per heavy atom. The number of aromatic nitrogens is 4. The van der Waals surface area contributed by atoms with Crippen molar-refractivity contribution in [3.63, 3.8) is 0 Å². The third kappa shape index (κ3) is 8.35. The van der Waals surface area contributed by atoms with Crippen LogP contribution >= 0.6 is 0 Å². The molecule has 0 radical (unpaired) electrons. The first-order valence-corrected chi connectivity index (χ1v) is 21.1. The van der Waals surface area contributed by atoms with E-state index in [0.717, 1.165) is 56.2 Å². The van der Waals surface area contributed by atoms with Crippen molar-refractivity contribution in [2.45, 2.75) is 80.6 Å². The number of nitrogens with one attached hydrogen (secondary N) is 2. The second kappa shape index (κ2) is 16.1. The zero-order valence-corrected chi connectivity index (χ0v) is 32.8. The van der Waals surface area contributed by atoms with Crippen LogP contribution in [0.5, 0.6) is 5.88 Å². The monoisotopic (exact) mass is 825 g/mol. The zero-order valence-electron chi connectivity index (χ0n) is 32.0. The Kier molecular flexibility index (Phi) is 11.1. The van der Waals surface area contributed by atoms with E-state index >= 15 is 0 Å². The number of hydrogen-bond donors (Lipinski definition) is 3. The number of aliphatic hydroxyl groups is 1. The van der Waals surface area contributed by atoms with Gasteiger partial charge in [-0.3, -0.25) is 19.7 Å². The number of urea groups is 1. The summed E-state index contributed by atoms with van der Waals surface area (Å²) in [5.74, 6) is 0.179. The molecule has 3 N–H and O–H groups in total. The van der Waals surface area contributed by atoms with Crippen molar-refractivity contribution in [2.24, 2.45) is 13.0 Å². The van der Waals surface area contributed by atoms with Crippen molar-refractivity contribution in [1.82, 2.24) is 34.3 Å². The number of carbonyl (C=O) groups excluding carboxylic acids is 2. The van der Waals surface area contributed by atoms with Crippen LogP contribution in [0.3, 0.4) is 0 Å². The van der Waals surface area contributed by atoms with Crippen molar-refractivity contribution in [1.29, 1.82) is 0 Å². The number of ether oxygens (including phenoxy) is 1.